The summed E-state index contributed by atoms with van der Waals surface area (Å²) in [5.74, 6) is 0.811. The number of hydrogen-bond donors (Lipinski definition) is 1. The van der Waals surface area contributed by atoms with Gasteiger partial charge < -0.3 is 14.7 Å². The molecular weight excluding hydrogens is 328 g/mol. The van der Waals surface area contributed by atoms with Gasteiger partial charge in [0.15, 0.2) is 0 Å². The van der Waals surface area contributed by atoms with Crippen LogP contribution in [0.5, 0.6) is 5.75 Å². The molecule has 1 aliphatic rings. The van der Waals surface area contributed by atoms with E-state index in [1.54, 1.807) is 0 Å². The number of likely N-dealkylation sites (tertiary alicyclic amines) is 1. The summed E-state index contributed by atoms with van der Waals surface area (Å²) in [7, 11) is 0. The van der Waals surface area contributed by atoms with E-state index in [0.29, 0.717) is 12.2 Å². The average Bonchev–Trinajstić information content (AvgIpc) is 2.66. The molecule has 2 rings (SSSR count). The highest BCUT2D eigenvalue weighted by molar-refractivity contribution is 5.86. The zero-order chi connectivity index (χ0) is 18.6. The molecule has 1 N–H and O–H groups in total. The topological polar surface area (TPSA) is 53.0 Å². The van der Waals surface area contributed by atoms with Crippen LogP contribution in [0.2, 0.25) is 0 Å². The van der Waals surface area contributed by atoms with Crippen LogP contribution in [0.15, 0.2) is 24.3 Å². The van der Waals surface area contributed by atoms with Crippen molar-refractivity contribution in [1.29, 1.82) is 0 Å². The first-order chi connectivity index (χ1) is 12.7. The lowest BCUT2D eigenvalue weighted by atomic mass is 10.1. The summed E-state index contributed by atoms with van der Waals surface area (Å²) >= 11 is 0. The van der Waals surface area contributed by atoms with E-state index in [2.05, 4.69) is 11.8 Å². The Hall–Kier alpha value is -1.75. The third-order valence-corrected chi connectivity index (χ3v) is 4.98. The summed E-state index contributed by atoms with van der Waals surface area (Å²) in [5, 5.41) is 9.55. The van der Waals surface area contributed by atoms with E-state index in [-0.39, 0.29) is 0 Å². The molecule has 0 radical (unpaired) electrons. The molecule has 0 atom stereocenters. The van der Waals surface area contributed by atoms with Gasteiger partial charge in [-0.3, -0.25) is 4.90 Å². The smallest absolute Gasteiger partial charge is 0.411 e. The zero-order valence-electron chi connectivity index (χ0n) is 16.2. The van der Waals surface area contributed by atoms with Gasteiger partial charge in [0.2, 0.25) is 0 Å². The number of carboxylic acid groups (broad SMARTS) is 1. The fraction of sp³-hybridized carbons (Fsp3) is 0.667. The highest BCUT2D eigenvalue weighted by Crippen LogP contribution is 2.20. The SMILES string of the molecule is CCCCCCCOc1ccc(N(CCN2CCCCC2)C(=O)O)cc1. The summed E-state index contributed by atoms with van der Waals surface area (Å²) in [6.45, 7) is 6.40. The Labute approximate surface area is 157 Å². The number of amides is 1. The summed E-state index contributed by atoms with van der Waals surface area (Å²) in [6.07, 6.45) is 8.91. The van der Waals surface area contributed by atoms with E-state index in [0.717, 1.165) is 38.4 Å². The Morgan fingerprint density at radius 1 is 1.08 bits per heavy atom. The number of piperidine rings is 1. The third kappa shape index (κ3) is 7.24. The first-order valence-electron chi connectivity index (χ1n) is 10.2. The van der Waals surface area contributed by atoms with Gasteiger partial charge in [-0.15, -0.1) is 0 Å². The molecule has 1 aromatic rings. The maximum absolute atomic E-state index is 11.6. The highest BCUT2D eigenvalue weighted by Gasteiger charge is 2.17. The molecule has 0 unspecified atom stereocenters. The first kappa shape index (κ1) is 20.6. The van der Waals surface area contributed by atoms with E-state index in [1.165, 1.54) is 49.8 Å². The predicted molar refractivity (Wildman–Crippen MR) is 106 cm³/mol. The molecule has 0 aromatic heterocycles. The lowest BCUT2D eigenvalue weighted by molar-refractivity contribution is 0.196. The van der Waals surface area contributed by atoms with Crippen LogP contribution in [0, 0.1) is 0 Å². The minimum absolute atomic E-state index is 0.507. The van der Waals surface area contributed by atoms with Gasteiger partial charge in [0.1, 0.15) is 5.75 Å². The molecule has 0 saturated carbocycles. The number of unbranched alkanes of at least 4 members (excludes halogenated alkanes) is 4. The quantitative estimate of drug-likeness (QED) is 0.563. The van der Waals surface area contributed by atoms with E-state index < -0.39 is 6.09 Å². The maximum atomic E-state index is 11.6. The van der Waals surface area contributed by atoms with Crippen molar-refractivity contribution in [2.24, 2.45) is 0 Å². The number of ether oxygens (including phenoxy) is 1. The lowest BCUT2D eigenvalue weighted by Crippen LogP contribution is -2.40. The Bertz CT molecular complexity index is 512. The van der Waals surface area contributed by atoms with Crippen molar-refractivity contribution in [2.75, 3.05) is 37.7 Å². The van der Waals surface area contributed by atoms with Crippen LogP contribution >= 0.6 is 0 Å². The van der Waals surface area contributed by atoms with Gasteiger partial charge in [0, 0.05) is 18.8 Å². The molecule has 1 aliphatic heterocycles. The zero-order valence-corrected chi connectivity index (χ0v) is 16.2. The Morgan fingerprint density at radius 2 is 1.77 bits per heavy atom. The van der Waals surface area contributed by atoms with Crippen LogP contribution in [-0.2, 0) is 0 Å². The molecule has 1 heterocycles. The third-order valence-electron chi connectivity index (χ3n) is 4.98. The van der Waals surface area contributed by atoms with E-state index in [1.807, 2.05) is 24.3 Å². The molecule has 0 bridgehead atoms. The monoisotopic (exact) mass is 362 g/mol. The van der Waals surface area contributed by atoms with Gasteiger partial charge in [-0.25, -0.2) is 4.79 Å². The Morgan fingerprint density at radius 3 is 2.42 bits per heavy atom. The molecule has 0 spiro atoms. The van der Waals surface area contributed by atoms with Crippen molar-refractivity contribution in [3.05, 3.63) is 24.3 Å². The largest absolute Gasteiger partial charge is 0.494 e. The van der Waals surface area contributed by atoms with Crippen molar-refractivity contribution < 1.29 is 14.6 Å². The van der Waals surface area contributed by atoms with Crippen molar-refractivity contribution in [3.63, 3.8) is 0 Å². The average molecular weight is 363 g/mol. The normalized spacial score (nSPS) is 15.0. The van der Waals surface area contributed by atoms with Crippen LogP contribution in [-0.4, -0.2) is 48.9 Å². The molecule has 5 heteroatoms. The molecule has 1 aromatic carbocycles. The summed E-state index contributed by atoms with van der Waals surface area (Å²) < 4.78 is 5.76. The van der Waals surface area contributed by atoms with Crippen LogP contribution in [0.4, 0.5) is 10.5 Å². The fourth-order valence-corrected chi connectivity index (χ4v) is 3.38. The molecule has 26 heavy (non-hydrogen) atoms. The van der Waals surface area contributed by atoms with Gasteiger partial charge in [-0.2, -0.15) is 0 Å². The fourth-order valence-electron chi connectivity index (χ4n) is 3.38. The van der Waals surface area contributed by atoms with Gasteiger partial charge in [0.25, 0.3) is 0 Å². The minimum atomic E-state index is -0.897. The number of benzene rings is 1. The molecule has 146 valence electrons. The molecule has 5 nitrogen and oxygen atoms in total. The summed E-state index contributed by atoms with van der Waals surface area (Å²) in [6, 6.07) is 7.43. The lowest BCUT2D eigenvalue weighted by Gasteiger charge is -2.29. The molecule has 1 amide bonds. The van der Waals surface area contributed by atoms with Gasteiger partial charge in [-0.05, 0) is 56.6 Å². The van der Waals surface area contributed by atoms with Gasteiger partial charge in [-0.1, -0.05) is 39.0 Å². The minimum Gasteiger partial charge on any atom is -0.494 e. The van der Waals surface area contributed by atoms with Crippen LogP contribution < -0.4 is 9.64 Å². The second kappa shape index (κ2) is 11.8. The van der Waals surface area contributed by atoms with Crippen molar-refractivity contribution in [3.8, 4) is 5.75 Å². The Kier molecular flexibility index (Phi) is 9.32. The molecule has 1 fully saturated rings. The molecule has 1 saturated heterocycles. The van der Waals surface area contributed by atoms with E-state index >= 15 is 0 Å². The predicted octanol–water partition coefficient (Wildman–Crippen LogP) is 5.01. The van der Waals surface area contributed by atoms with Crippen LogP contribution in [0.25, 0.3) is 0 Å². The van der Waals surface area contributed by atoms with Crippen molar-refractivity contribution in [1.82, 2.24) is 4.90 Å². The molecule has 0 aliphatic carbocycles. The highest BCUT2D eigenvalue weighted by atomic mass is 16.5. The Balaban J connectivity index is 1.78. The number of carbonyl (C=O) groups is 1. The number of nitrogens with zero attached hydrogens (tertiary/aromatic N) is 2. The van der Waals surface area contributed by atoms with Crippen LogP contribution in [0.3, 0.4) is 0 Å². The number of rotatable bonds is 11. The van der Waals surface area contributed by atoms with Crippen molar-refractivity contribution in [2.45, 2.75) is 58.3 Å². The number of hydrogen-bond acceptors (Lipinski definition) is 3. The maximum Gasteiger partial charge on any atom is 0.411 e. The van der Waals surface area contributed by atoms with Crippen LogP contribution in [0.1, 0.15) is 58.3 Å². The van der Waals surface area contributed by atoms with E-state index in [9.17, 15) is 9.90 Å². The summed E-state index contributed by atoms with van der Waals surface area (Å²) in [5.41, 5.74) is 0.713. The second-order valence-electron chi connectivity index (χ2n) is 7.09. The second-order valence-corrected chi connectivity index (χ2v) is 7.09. The first-order valence-corrected chi connectivity index (χ1v) is 10.2. The van der Waals surface area contributed by atoms with E-state index in [4.69, 9.17) is 4.74 Å². The van der Waals surface area contributed by atoms with Gasteiger partial charge >= 0.3 is 6.09 Å². The summed E-state index contributed by atoms with van der Waals surface area (Å²) in [4.78, 5) is 15.4. The standard InChI is InChI=1S/C21H34N2O3/c1-2-3-4-5-9-18-26-20-12-10-19(11-13-20)23(21(24)25)17-16-22-14-7-6-8-15-22/h10-13H,2-9,14-18H2,1H3,(H,24,25). The number of anilines is 1. The van der Waals surface area contributed by atoms with Crippen molar-refractivity contribution >= 4 is 11.8 Å². The molecular formula is C21H34N2O3. The van der Waals surface area contributed by atoms with Gasteiger partial charge in [0.05, 0.1) is 6.61 Å².